The highest BCUT2D eigenvalue weighted by Gasteiger charge is 2.17. The topological polar surface area (TPSA) is 52.6 Å². The molecule has 0 aliphatic carbocycles. The van der Waals surface area contributed by atoms with Gasteiger partial charge in [-0.1, -0.05) is 6.92 Å². The van der Waals surface area contributed by atoms with Crippen molar-refractivity contribution in [1.82, 2.24) is 10.2 Å². The summed E-state index contributed by atoms with van der Waals surface area (Å²) in [6.45, 7) is 5.61. The van der Waals surface area contributed by atoms with E-state index in [1.807, 2.05) is 20.9 Å². The van der Waals surface area contributed by atoms with Gasteiger partial charge in [0.25, 0.3) is 0 Å². The predicted molar refractivity (Wildman–Crippen MR) is 52.4 cm³/mol. The number of nitrogens with zero attached hydrogens (tertiary/aromatic N) is 1. The van der Waals surface area contributed by atoms with E-state index in [0.29, 0.717) is 19.6 Å². The summed E-state index contributed by atoms with van der Waals surface area (Å²) in [4.78, 5) is 13.3. The summed E-state index contributed by atoms with van der Waals surface area (Å²) in [6, 6.07) is 0. The maximum absolute atomic E-state index is 11.6. The van der Waals surface area contributed by atoms with Gasteiger partial charge in [0.15, 0.2) is 0 Å². The van der Waals surface area contributed by atoms with E-state index in [9.17, 15) is 4.79 Å². The second kappa shape index (κ2) is 6.86. The number of hydrogen-bond acceptors (Lipinski definition) is 3. The van der Waals surface area contributed by atoms with Gasteiger partial charge >= 0.3 is 0 Å². The molecule has 13 heavy (non-hydrogen) atoms. The molecular formula is C9H20N2O2. The van der Waals surface area contributed by atoms with Gasteiger partial charge in [0.05, 0.1) is 6.61 Å². The summed E-state index contributed by atoms with van der Waals surface area (Å²) >= 11 is 0. The van der Waals surface area contributed by atoms with Crippen LogP contribution in [0, 0.1) is 5.92 Å². The van der Waals surface area contributed by atoms with Crippen LogP contribution in [0.25, 0.3) is 0 Å². The maximum Gasteiger partial charge on any atom is 0.226 e. The van der Waals surface area contributed by atoms with E-state index in [-0.39, 0.29) is 18.4 Å². The Kier molecular flexibility index (Phi) is 6.54. The zero-order chi connectivity index (χ0) is 10.3. The molecule has 0 saturated heterocycles. The molecule has 0 aliphatic rings. The van der Waals surface area contributed by atoms with Gasteiger partial charge in [-0.15, -0.1) is 0 Å². The molecule has 1 atom stereocenters. The molecule has 0 aromatic heterocycles. The molecule has 4 heteroatoms. The Bertz CT molecular complexity index is 151. The molecule has 2 N–H and O–H groups in total. The van der Waals surface area contributed by atoms with Crippen molar-refractivity contribution in [1.29, 1.82) is 0 Å². The first kappa shape index (κ1) is 12.4. The minimum Gasteiger partial charge on any atom is -0.395 e. The Morgan fingerprint density at radius 1 is 1.62 bits per heavy atom. The van der Waals surface area contributed by atoms with Gasteiger partial charge in [0.1, 0.15) is 0 Å². The lowest BCUT2D eigenvalue weighted by atomic mass is 10.1. The van der Waals surface area contributed by atoms with Crippen LogP contribution in [-0.4, -0.2) is 49.2 Å². The minimum atomic E-state index is -0.0171. The van der Waals surface area contributed by atoms with Crippen LogP contribution < -0.4 is 5.32 Å². The van der Waals surface area contributed by atoms with Crippen LogP contribution in [0.4, 0.5) is 0 Å². The standard InChI is InChI=1S/C9H20N2O2/c1-4-11(5-6-12)9(13)8(2)7-10-3/h8,10,12H,4-7H2,1-3H3. The average molecular weight is 188 g/mol. The van der Waals surface area contributed by atoms with Gasteiger partial charge in [-0.3, -0.25) is 4.79 Å². The van der Waals surface area contributed by atoms with Crippen molar-refractivity contribution in [2.24, 2.45) is 5.92 Å². The fourth-order valence-corrected chi connectivity index (χ4v) is 1.25. The second-order valence-corrected chi connectivity index (χ2v) is 3.10. The van der Waals surface area contributed by atoms with E-state index < -0.39 is 0 Å². The fraction of sp³-hybridized carbons (Fsp3) is 0.889. The van der Waals surface area contributed by atoms with Gasteiger partial charge < -0.3 is 15.3 Å². The highest BCUT2D eigenvalue weighted by molar-refractivity contribution is 5.78. The first-order valence-electron chi connectivity index (χ1n) is 4.71. The lowest BCUT2D eigenvalue weighted by Crippen LogP contribution is -2.39. The van der Waals surface area contributed by atoms with Crippen molar-refractivity contribution >= 4 is 5.91 Å². The van der Waals surface area contributed by atoms with Crippen LogP contribution >= 0.6 is 0 Å². The molecule has 1 unspecified atom stereocenters. The molecular weight excluding hydrogens is 168 g/mol. The Labute approximate surface area is 79.9 Å². The Hall–Kier alpha value is -0.610. The molecule has 0 heterocycles. The summed E-state index contributed by atoms with van der Waals surface area (Å²) in [5.74, 6) is 0.0856. The molecule has 1 amide bonds. The molecule has 0 rings (SSSR count). The molecule has 0 aromatic rings. The molecule has 0 fully saturated rings. The number of carbonyl (C=O) groups is 1. The Morgan fingerprint density at radius 3 is 2.62 bits per heavy atom. The molecule has 4 nitrogen and oxygen atoms in total. The minimum absolute atomic E-state index is 0.0171. The normalized spacial score (nSPS) is 12.6. The van der Waals surface area contributed by atoms with Crippen LogP contribution in [0.3, 0.4) is 0 Å². The van der Waals surface area contributed by atoms with Gasteiger partial charge in [0.2, 0.25) is 5.91 Å². The monoisotopic (exact) mass is 188 g/mol. The molecule has 78 valence electrons. The van der Waals surface area contributed by atoms with Crippen molar-refractivity contribution < 1.29 is 9.90 Å². The van der Waals surface area contributed by atoms with E-state index in [1.54, 1.807) is 4.90 Å². The predicted octanol–water partition coefficient (Wildman–Crippen LogP) is -0.317. The SMILES string of the molecule is CCN(CCO)C(=O)C(C)CNC. The van der Waals surface area contributed by atoms with Crippen LogP contribution in [0.2, 0.25) is 0 Å². The molecule has 0 aliphatic heterocycles. The third-order valence-electron chi connectivity index (χ3n) is 2.00. The van der Waals surface area contributed by atoms with Crippen molar-refractivity contribution in [2.45, 2.75) is 13.8 Å². The maximum atomic E-state index is 11.6. The van der Waals surface area contributed by atoms with Gasteiger partial charge in [-0.05, 0) is 14.0 Å². The van der Waals surface area contributed by atoms with E-state index in [1.165, 1.54) is 0 Å². The summed E-state index contributed by atoms with van der Waals surface area (Å²) in [6.07, 6.45) is 0. The van der Waals surface area contributed by atoms with E-state index in [2.05, 4.69) is 5.32 Å². The number of hydrogen-bond donors (Lipinski definition) is 2. The first-order valence-corrected chi connectivity index (χ1v) is 4.71. The zero-order valence-electron chi connectivity index (χ0n) is 8.71. The number of rotatable bonds is 6. The highest BCUT2D eigenvalue weighted by Crippen LogP contribution is 2.00. The lowest BCUT2D eigenvalue weighted by Gasteiger charge is -2.23. The Morgan fingerprint density at radius 2 is 2.23 bits per heavy atom. The van der Waals surface area contributed by atoms with Gasteiger partial charge in [-0.2, -0.15) is 0 Å². The zero-order valence-corrected chi connectivity index (χ0v) is 8.71. The number of nitrogens with one attached hydrogen (secondary N) is 1. The number of aliphatic hydroxyl groups is 1. The fourth-order valence-electron chi connectivity index (χ4n) is 1.25. The van der Waals surface area contributed by atoms with Crippen LogP contribution in [-0.2, 0) is 4.79 Å². The molecule has 0 saturated carbocycles. The average Bonchev–Trinajstić information content (AvgIpc) is 2.13. The summed E-state index contributed by atoms with van der Waals surface area (Å²) in [5, 5.41) is 11.7. The van der Waals surface area contributed by atoms with Crippen molar-refractivity contribution in [3.05, 3.63) is 0 Å². The molecule has 0 bridgehead atoms. The van der Waals surface area contributed by atoms with Crippen LogP contribution in [0.15, 0.2) is 0 Å². The number of carbonyl (C=O) groups excluding carboxylic acids is 1. The van der Waals surface area contributed by atoms with Gasteiger partial charge in [0, 0.05) is 25.6 Å². The summed E-state index contributed by atoms with van der Waals surface area (Å²) in [5.41, 5.74) is 0. The lowest BCUT2D eigenvalue weighted by molar-refractivity contribution is -0.135. The second-order valence-electron chi connectivity index (χ2n) is 3.10. The third-order valence-corrected chi connectivity index (χ3v) is 2.00. The van der Waals surface area contributed by atoms with Crippen LogP contribution in [0.5, 0.6) is 0 Å². The molecule has 0 radical (unpaired) electrons. The number of aliphatic hydroxyl groups excluding tert-OH is 1. The number of amides is 1. The highest BCUT2D eigenvalue weighted by atomic mass is 16.3. The smallest absolute Gasteiger partial charge is 0.226 e. The van der Waals surface area contributed by atoms with E-state index in [0.717, 1.165) is 0 Å². The summed E-state index contributed by atoms with van der Waals surface area (Å²) in [7, 11) is 1.83. The molecule has 0 aromatic carbocycles. The quantitative estimate of drug-likeness (QED) is 0.601. The van der Waals surface area contributed by atoms with E-state index in [4.69, 9.17) is 5.11 Å². The summed E-state index contributed by atoms with van der Waals surface area (Å²) < 4.78 is 0. The largest absolute Gasteiger partial charge is 0.395 e. The van der Waals surface area contributed by atoms with Crippen molar-refractivity contribution in [2.75, 3.05) is 33.3 Å². The van der Waals surface area contributed by atoms with Crippen LogP contribution in [0.1, 0.15) is 13.8 Å². The van der Waals surface area contributed by atoms with E-state index >= 15 is 0 Å². The Balaban J connectivity index is 4.02. The molecule has 0 spiro atoms. The first-order chi connectivity index (χ1) is 6.17. The number of likely N-dealkylation sites (N-methyl/N-ethyl adjacent to an activating group) is 1. The van der Waals surface area contributed by atoms with Gasteiger partial charge in [-0.25, -0.2) is 0 Å². The van der Waals surface area contributed by atoms with Crippen molar-refractivity contribution in [3.63, 3.8) is 0 Å². The third kappa shape index (κ3) is 4.24. The van der Waals surface area contributed by atoms with Crippen molar-refractivity contribution in [3.8, 4) is 0 Å².